The summed E-state index contributed by atoms with van der Waals surface area (Å²) in [6, 6.07) is 5.53. The molecule has 2 unspecified atom stereocenters. The number of aliphatic hydroxyl groups excluding tert-OH is 1. The van der Waals surface area contributed by atoms with Crippen LogP contribution < -0.4 is 4.74 Å². The van der Waals surface area contributed by atoms with Crippen molar-refractivity contribution in [2.45, 2.75) is 31.5 Å². The van der Waals surface area contributed by atoms with Crippen LogP contribution in [-0.4, -0.2) is 17.3 Å². The molecule has 0 aliphatic heterocycles. The van der Waals surface area contributed by atoms with E-state index >= 15 is 0 Å². The maximum absolute atomic E-state index is 9.38. The van der Waals surface area contributed by atoms with Gasteiger partial charge in [0.2, 0.25) is 0 Å². The van der Waals surface area contributed by atoms with Gasteiger partial charge in [-0.25, -0.2) is 0 Å². The third-order valence-electron chi connectivity index (χ3n) is 2.54. The van der Waals surface area contributed by atoms with Crippen LogP contribution in [0.1, 0.15) is 19.3 Å². The van der Waals surface area contributed by atoms with Crippen LogP contribution in [0.15, 0.2) is 22.7 Å². The van der Waals surface area contributed by atoms with Gasteiger partial charge in [0.15, 0.2) is 0 Å². The Balaban J connectivity index is 2.07. The van der Waals surface area contributed by atoms with Crippen molar-refractivity contribution in [3.8, 4) is 5.75 Å². The SMILES string of the molecule is OC1CCC(Oc2cc(Br)ccc2Cl)C1. The molecule has 4 heteroatoms. The molecule has 1 aromatic rings. The van der Waals surface area contributed by atoms with Crippen LogP contribution in [-0.2, 0) is 0 Å². The van der Waals surface area contributed by atoms with Gasteiger partial charge >= 0.3 is 0 Å². The van der Waals surface area contributed by atoms with Crippen LogP contribution >= 0.6 is 27.5 Å². The highest BCUT2D eigenvalue weighted by molar-refractivity contribution is 9.10. The molecular formula is C11H12BrClO2. The molecule has 1 fully saturated rings. The van der Waals surface area contributed by atoms with Crippen molar-refractivity contribution in [1.82, 2.24) is 0 Å². The van der Waals surface area contributed by atoms with Crippen molar-refractivity contribution in [3.63, 3.8) is 0 Å². The summed E-state index contributed by atoms with van der Waals surface area (Å²) >= 11 is 9.37. The predicted octanol–water partition coefficient (Wildman–Crippen LogP) is 3.39. The average molecular weight is 292 g/mol. The summed E-state index contributed by atoms with van der Waals surface area (Å²) in [6.07, 6.45) is 2.27. The van der Waals surface area contributed by atoms with E-state index in [9.17, 15) is 5.11 Å². The maximum atomic E-state index is 9.38. The summed E-state index contributed by atoms with van der Waals surface area (Å²) in [5.41, 5.74) is 0. The van der Waals surface area contributed by atoms with Crippen molar-refractivity contribution in [3.05, 3.63) is 27.7 Å². The van der Waals surface area contributed by atoms with Gasteiger partial charge in [-0.15, -0.1) is 0 Å². The molecule has 0 amide bonds. The minimum absolute atomic E-state index is 0.0896. The van der Waals surface area contributed by atoms with Crippen LogP contribution in [0.2, 0.25) is 5.02 Å². The fourth-order valence-electron chi connectivity index (χ4n) is 1.77. The van der Waals surface area contributed by atoms with Gasteiger partial charge in [0, 0.05) is 10.9 Å². The first-order valence-electron chi connectivity index (χ1n) is 4.95. The van der Waals surface area contributed by atoms with Crippen molar-refractivity contribution >= 4 is 27.5 Å². The van der Waals surface area contributed by atoms with Crippen LogP contribution in [0.3, 0.4) is 0 Å². The summed E-state index contributed by atoms with van der Waals surface area (Å²) in [6.45, 7) is 0. The van der Waals surface area contributed by atoms with Gasteiger partial charge < -0.3 is 9.84 Å². The minimum Gasteiger partial charge on any atom is -0.489 e. The molecule has 0 heterocycles. The Kier molecular flexibility index (Phi) is 3.54. The molecule has 2 atom stereocenters. The second-order valence-corrected chi connectivity index (χ2v) is 5.10. The van der Waals surface area contributed by atoms with Gasteiger partial charge in [-0.05, 0) is 31.0 Å². The molecule has 1 aliphatic rings. The molecule has 0 bridgehead atoms. The Hall–Kier alpha value is -0.250. The van der Waals surface area contributed by atoms with Crippen molar-refractivity contribution in [1.29, 1.82) is 0 Å². The van der Waals surface area contributed by atoms with Crippen LogP contribution in [0.4, 0.5) is 0 Å². The van der Waals surface area contributed by atoms with Crippen molar-refractivity contribution in [2.24, 2.45) is 0 Å². The van der Waals surface area contributed by atoms with Gasteiger partial charge in [-0.2, -0.15) is 0 Å². The van der Waals surface area contributed by atoms with Crippen molar-refractivity contribution in [2.75, 3.05) is 0 Å². The number of aliphatic hydroxyl groups is 1. The summed E-state index contributed by atoms with van der Waals surface area (Å²) in [7, 11) is 0. The Labute approximate surface area is 102 Å². The second-order valence-electron chi connectivity index (χ2n) is 3.78. The zero-order valence-corrected chi connectivity index (χ0v) is 10.5. The van der Waals surface area contributed by atoms with Crippen LogP contribution in [0.5, 0.6) is 5.75 Å². The van der Waals surface area contributed by atoms with E-state index < -0.39 is 0 Å². The number of benzene rings is 1. The van der Waals surface area contributed by atoms with E-state index in [-0.39, 0.29) is 12.2 Å². The summed E-state index contributed by atoms with van der Waals surface area (Å²) in [5.74, 6) is 0.685. The fraction of sp³-hybridized carbons (Fsp3) is 0.455. The zero-order valence-electron chi connectivity index (χ0n) is 8.12. The maximum Gasteiger partial charge on any atom is 0.139 e. The lowest BCUT2D eigenvalue weighted by Crippen LogP contribution is -2.13. The summed E-state index contributed by atoms with van der Waals surface area (Å²) in [5, 5.41) is 9.99. The molecule has 0 aromatic heterocycles. The van der Waals surface area contributed by atoms with E-state index in [1.165, 1.54) is 0 Å². The van der Waals surface area contributed by atoms with Gasteiger partial charge in [0.25, 0.3) is 0 Å². The molecule has 2 rings (SSSR count). The second kappa shape index (κ2) is 4.73. The average Bonchev–Trinajstić information content (AvgIpc) is 2.58. The molecule has 1 saturated carbocycles. The van der Waals surface area contributed by atoms with Gasteiger partial charge in [0.1, 0.15) is 11.9 Å². The Bertz CT molecular complexity index is 356. The molecule has 1 aliphatic carbocycles. The lowest BCUT2D eigenvalue weighted by molar-refractivity contribution is 0.150. The molecule has 2 nitrogen and oxygen atoms in total. The minimum atomic E-state index is -0.221. The topological polar surface area (TPSA) is 29.5 Å². The van der Waals surface area contributed by atoms with Gasteiger partial charge in [-0.1, -0.05) is 27.5 Å². The van der Waals surface area contributed by atoms with Gasteiger partial charge in [-0.3, -0.25) is 0 Å². The lowest BCUT2D eigenvalue weighted by Gasteiger charge is -2.14. The Morgan fingerprint density at radius 2 is 2.20 bits per heavy atom. The summed E-state index contributed by atoms with van der Waals surface area (Å²) in [4.78, 5) is 0. The highest BCUT2D eigenvalue weighted by Gasteiger charge is 2.24. The van der Waals surface area contributed by atoms with Crippen LogP contribution in [0, 0.1) is 0 Å². The van der Waals surface area contributed by atoms with E-state index in [0.29, 0.717) is 17.2 Å². The fourth-order valence-corrected chi connectivity index (χ4v) is 2.27. The van der Waals surface area contributed by atoms with Crippen LogP contribution in [0.25, 0.3) is 0 Å². The van der Waals surface area contributed by atoms with E-state index in [4.69, 9.17) is 16.3 Å². The molecule has 82 valence electrons. The molecular weight excluding hydrogens is 279 g/mol. The molecule has 1 aromatic carbocycles. The standard InChI is InChI=1S/C11H12BrClO2/c12-7-1-4-10(13)11(5-7)15-9-3-2-8(14)6-9/h1,4-5,8-9,14H,2-3,6H2. The smallest absolute Gasteiger partial charge is 0.139 e. The Morgan fingerprint density at radius 3 is 2.87 bits per heavy atom. The first-order chi connectivity index (χ1) is 7.15. The Morgan fingerprint density at radius 1 is 1.40 bits per heavy atom. The van der Waals surface area contributed by atoms with E-state index in [2.05, 4.69) is 15.9 Å². The highest BCUT2D eigenvalue weighted by Crippen LogP contribution is 2.32. The molecule has 0 spiro atoms. The monoisotopic (exact) mass is 290 g/mol. The first-order valence-corrected chi connectivity index (χ1v) is 6.12. The van der Waals surface area contributed by atoms with E-state index in [1.807, 2.05) is 12.1 Å². The largest absolute Gasteiger partial charge is 0.489 e. The number of hydrogen-bond donors (Lipinski definition) is 1. The van der Waals surface area contributed by atoms with Gasteiger partial charge in [0.05, 0.1) is 11.1 Å². The highest BCUT2D eigenvalue weighted by atomic mass is 79.9. The lowest BCUT2D eigenvalue weighted by atomic mass is 10.3. The van der Waals surface area contributed by atoms with E-state index in [1.54, 1.807) is 6.07 Å². The first kappa shape index (κ1) is 11.2. The molecule has 0 saturated heterocycles. The van der Waals surface area contributed by atoms with Crippen molar-refractivity contribution < 1.29 is 9.84 Å². The summed E-state index contributed by atoms with van der Waals surface area (Å²) < 4.78 is 6.68. The zero-order chi connectivity index (χ0) is 10.8. The quantitative estimate of drug-likeness (QED) is 0.905. The number of rotatable bonds is 2. The number of halogens is 2. The molecule has 15 heavy (non-hydrogen) atoms. The normalized spacial score (nSPS) is 25.5. The third kappa shape index (κ3) is 2.86. The molecule has 0 radical (unpaired) electrons. The predicted molar refractivity (Wildman–Crippen MR) is 63.4 cm³/mol. The van der Waals surface area contributed by atoms with E-state index in [0.717, 1.165) is 17.3 Å². The number of ether oxygens (including phenoxy) is 1. The third-order valence-corrected chi connectivity index (χ3v) is 3.35. The number of hydrogen-bond acceptors (Lipinski definition) is 2. The molecule has 1 N–H and O–H groups in total.